The number of rotatable bonds is 7. The van der Waals surface area contributed by atoms with E-state index in [9.17, 15) is 4.79 Å². The molecule has 0 heterocycles. The minimum atomic E-state index is -0.562. The van der Waals surface area contributed by atoms with Gasteiger partial charge in [0.1, 0.15) is 5.75 Å². The van der Waals surface area contributed by atoms with Crippen molar-refractivity contribution < 1.29 is 9.53 Å². The fourth-order valence-corrected chi connectivity index (χ4v) is 2.45. The second-order valence-corrected chi connectivity index (χ2v) is 5.58. The van der Waals surface area contributed by atoms with Gasteiger partial charge in [0.25, 0.3) is 5.91 Å². The van der Waals surface area contributed by atoms with Gasteiger partial charge in [-0.25, -0.2) is 0 Å². The Morgan fingerprint density at radius 2 is 1.80 bits per heavy atom. The van der Waals surface area contributed by atoms with Gasteiger partial charge in [0, 0.05) is 17.3 Å². The zero-order valence-corrected chi connectivity index (χ0v) is 13.6. The molecule has 0 saturated carbocycles. The van der Waals surface area contributed by atoms with Crippen LogP contribution in [0, 0.1) is 0 Å². The quantitative estimate of drug-likeness (QED) is 0.776. The van der Waals surface area contributed by atoms with Crippen LogP contribution in [0.2, 0.25) is 0 Å². The third-order valence-electron chi connectivity index (χ3n) is 3.06. The summed E-state index contributed by atoms with van der Waals surface area (Å²) in [6.45, 7) is 5.86. The molecule has 0 spiro atoms. The third kappa shape index (κ3) is 4.57. The molecule has 1 aromatic carbocycles. The van der Waals surface area contributed by atoms with Crippen LogP contribution >= 0.6 is 23.2 Å². The number of benzene rings is 1. The van der Waals surface area contributed by atoms with Crippen LogP contribution in [0.1, 0.15) is 37.6 Å². The predicted octanol–water partition coefficient (Wildman–Crippen LogP) is 3.83. The average Bonchev–Trinajstić information content (AvgIpc) is 2.45. The van der Waals surface area contributed by atoms with Crippen LogP contribution in [0.4, 0.5) is 0 Å². The van der Waals surface area contributed by atoms with Crippen LogP contribution in [-0.2, 0) is 0 Å². The lowest BCUT2D eigenvalue weighted by Gasteiger charge is -2.29. The highest BCUT2D eigenvalue weighted by atomic mass is 35.5. The molecule has 1 aromatic rings. The normalized spacial score (nSPS) is 11.5. The Labute approximate surface area is 130 Å². The van der Waals surface area contributed by atoms with Crippen molar-refractivity contribution in [3.05, 3.63) is 29.8 Å². The average molecular weight is 318 g/mol. The highest BCUT2D eigenvalue weighted by molar-refractivity contribution is 6.22. The summed E-state index contributed by atoms with van der Waals surface area (Å²) >= 11 is 11.8. The lowest BCUT2D eigenvalue weighted by atomic mass is 10.0. The molecule has 0 atom stereocenters. The zero-order valence-electron chi connectivity index (χ0n) is 12.1. The number of amides is 1. The summed E-state index contributed by atoms with van der Waals surface area (Å²) in [5, 5.41) is 2.91. The van der Waals surface area contributed by atoms with E-state index in [-0.39, 0.29) is 23.8 Å². The molecule has 0 aliphatic heterocycles. The highest BCUT2D eigenvalue weighted by Gasteiger charge is 2.28. The van der Waals surface area contributed by atoms with Gasteiger partial charge in [-0.15, -0.1) is 23.2 Å². The topological polar surface area (TPSA) is 38.3 Å². The lowest BCUT2D eigenvalue weighted by molar-refractivity contribution is 0.0913. The highest BCUT2D eigenvalue weighted by Crippen LogP contribution is 2.18. The van der Waals surface area contributed by atoms with E-state index < -0.39 is 5.54 Å². The molecule has 5 heteroatoms. The zero-order chi connectivity index (χ0) is 15.2. The largest absolute Gasteiger partial charge is 0.491 e. The maximum atomic E-state index is 12.2. The van der Waals surface area contributed by atoms with Crippen molar-refractivity contribution in [3.63, 3.8) is 0 Å². The summed E-state index contributed by atoms with van der Waals surface area (Å²) < 4.78 is 5.54. The summed E-state index contributed by atoms with van der Waals surface area (Å²) in [6.07, 6.45) is 0.787. The molecule has 1 N–H and O–H groups in total. The molecule has 0 radical (unpaired) electrons. The molecule has 0 unspecified atom stereocenters. The van der Waals surface area contributed by atoms with Gasteiger partial charge in [-0.1, -0.05) is 6.92 Å². The van der Waals surface area contributed by atoms with Gasteiger partial charge in [0.2, 0.25) is 0 Å². The van der Waals surface area contributed by atoms with E-state index in [0.29, 0.717) is 12.0 Å². The Morgan fingerprint density at radius 3 is 2.20 bits per heavy atom. The van der Waals surface area contributed by atoms with Gasteiger partial charge < -0.3 is 10.1 Å². The first kappa shape index (κ1) is 17.1. The fourth-order valence-electron chi connectivity index (χ4n) is 1.65. The van der Waals surface area contributed by atoms with Crippen LogP contribution in [0.15, 0.2) is 24.3 Å². The van der Waals surface area contributed by atoms with Crippen molar-refractivity contribution in [2.24, 2.45) is 0 Å². The van der Waals surface area contributed by atoms with Gasteiger partial charge in [-0.2, -0.15) is 0 Å². The number of carbonyl (C=O) groups is 1. The second-order valence-electron chi connectivity index (χ2n) is 5.05. The van der Waals surface area contributed by atoms with Crippen molar-refractivity contribution in [3.8, 4) is 5.75 Å². The predicted molar refractivity (Wildman–Crippen MR) is 84.1 cm³/mol. The molecule has 0 aromatic heterocycles. The standard InChI is InChI=1S/C15H21Cl2NO2/c1-4-15(9-16,10-17)18-14(19)12-5-7-13(8-6-12)20-11(2)3/h5-8,11H,4,9-10H2,1-3H3,(H,18,19). The van der Waals surface area contributed by atoms with E-state index >= 15 is 0 Å². The monoisotopic (exact) mass is 317 g/mol. The first-order valence-electron chi connectivity index (χ1n) is 6.67. The summed E-state index contributed by atoms with van der Waals surface area (Å²) in [6, 6.07) is 7.03. The van der Waals surface area contributed by atoms with Crippen LogP contribution in [0.5, 0.6) is 5.75 Å². The number of hydrogen-bond donors (Lipinski definition) is 1. The molecular formula is C15H21Cl2NO2. The Hall–Kier alpha value is -0.930. The summed E-state index contributed by atoms with van der Waals surface area (Å²) in [5.74, 6) is 1.14. The van der Waals surface area contributed by atoms with E-state index in [1.807, 2.05) is 20.8 Å². The van der Waals surface area contributed by atoms with Gasteiger partial charge in [0.05, 0.1) is 11.6 Å². The molecule has 3 nitrogen and oxygen atoms in total. The lowest BCUT2D eigenvalue weighted by Crippen LogP contribution is -2.51. The van der Waals surface area contributed by atoms with E-state index in [0.717, 1.165) is 5.75 Å². The Bertz CT molecular complexity index is 420. The van der Waals surface area contributed by atoms with E-state index in [1.165, 1.54) is 0 Å². The van der Waals surface area contributed by atoms with Crippen LogP contribution in [0.25, 0.3) is 0 Å². The van der Waals surface area contributed by atoms with Crippen molar-refractivity contribution in [2.75, 3.05) is 11.8 Å². The first-order valence-corrected chi connectivity index (χ1v) is 7.74. The number of alkyl halides is 2. The van der Waals surface area contributed by atoms with Crippen molar-refractivity contribution in [2.45, 2.75) is 38.8 Å². The number of carbonyl (C=O) groups excluding carboxylic acids is 1. The Balaban J connectivity index is 2.77. The van der Waals surface area contributed by atoms with Crippen molar-refractivity contribution in [1.82, 2.24) is 5.32 Å². The van der Waals surface area contributed by atoms with Crippen LogP contribution in [-0.4, -0.2) is 29.3 Å². The number of ether oxygens (including phenoxy) is 1. The molecule has 1 amide bonds. The van der Waals surface area contributed by atoms with Crippen LogP contribution in [0.3, 0.4) is 0 Å². The molecule has 0 aliphatic rings. The molecule has 1 rings (SSSR count). The van der Waals surface area contributed by atoms with Gasteiger partial charge >= 0.3 is 0 Å². The number of hydrogen-bond acceptors (Lipinski definition) is 2. The molecular weight excluding hydrogens is 297 g/mol. The number of halogens is 2. The third-order valence-corrected chi connectivity index (χ3v) is 4.08. The minimum Gasteiger partial charge on any atom is -0.491 e. The first-order chi connectivity index (χ1) is 9.46. The molecule has 0 saturated heterocycles. The summed E-state index contributed by atoms with van der Waals surface area (Å²) in [4.78, 5) is 12.2. The number of nitrogens with one attached hydrogen (secondary N) is 1. The van der Waals surface area contributed by atoms with E-state index in [1.54, 1.807) is 24.3 Å². The van der Waals surface area contributed by atoms with E-state index in [2.05, 4.69) is 5.32 Å². The van der Waals surface area contributed by atoms with E-state index in [4.69, 9.17) is 27.9 Å². The molecule has 0 aliphatic carbocycles. The molecule has 0 fully saturated rings. The van der Waals surface area contributed by atoms with Gasteiger partial charge in [-0.3, -0.25) is 4.79 Å². The maximum Gasteiger partial charge on any atom is 0.251 e. The fraction of sp³-hybridized carbons (Fsp3) is 0.533. The van der Waals surface area contributed by atoms with Crippen molar-refractivity contribution >= 4 is 29.1 Å². The SMILES string of the molecule is CCC(CCl)(CCl)NC(=O)c1ccc(OC(C)C)cc1. The van der Waals surface area contributed by atoms with Gasteiger partial charge in [-0.05, 0) is 44.5 Å². The molecule has 0 bridgehead atoms. The van der Waals surface area contributed by atoms with Gasteiger partial charge in [0.15, 0.2) is 0 Å². The Kier molecular flexibility index (Phi) is 6.63. The molecule has 112 valence electrons. The summed E-state index contributed by atoms with van der Waals surface area (Å²) in [5.41, 5.74) is 0.00184. The second kappa shape index (κ2) is 7.75. The maximum absolute atomic E-state index is 12.2. The van der Waals surface area contributed by atoms with Crippen molar-refractivity contribution in [1.29, 1.82) is 0 Å². The Morgan fingerprint density at radius 1 is 1.25 bits per heavy atom. The smallest absolute Gasteiger partial charge is 0.251 e. The molecule has 20 heavy (non-hydrogen) atoms. The minimum absolute atomic E-state index is 0.106. The summed E-state index contributed by atoms with van der Waals surface area (Å²) in [7, 11) is 0. The van der Waals surface area contributed by atoms with Crippen LogP contribution < -0.4 is 10.1 Å².